The molecule has 0 saturated carbocycles. The van der Waals surface area contributed by atoms with Crippen LogP contribution in [0.1, 0.15) is 0 Å². The quantitative estimate of drug-likeness (QED) is 0.687. The second-order valence-electron chi connectivity index (χ2n) is 5.12. The summed E-state index contributed by atoms with van der Waals surface area (Å²) in [4.78, 5) is 3.61. The minimum absolute atomic E-state index is 0.0147. The van der Waals surface area contributed by atoms with Crippen LogP contribution in [0.15, 0.2) is 59.6 Å². The maximum atomic E-state index is 13.8. The van der Waals surface area contributed by atoms with Gasteiger partial charge in [-0.2, -0.15) is 0 Å². The molecule has 0 spiro atoms. The maximum Gasteiger partial charge on any atom is 0.573 e. The standard InChI is InChI=1S/C16H10F4N2O3S/c17-13-7-8-14(12-2-1-9-21-15(12)13)26(23,24)22-10-3-5-11(6-4-10)25-16(18,19)20/h1-9,22H. The fourth-order valence-corrected chi connectivity index (χ4v) is 3.54. The third-order valence-corrected chi connectivity index (χ3v) is 4.75. The Morgan fingerprint density at radius 3 is 2.35 bits per heavy atom. The summed E-state index contributed by atoms with van der Waals surface area (Å²) in [5.74, 6) is -1.16. The molecular weight excluding hydrogens is 376 g/mol. The largest absolute Gasteiger partial charge is 0.573 e. The first kappa shape index (κ1) is 17.9. The van der Waals surface area contributed by atoms with Crippen LogP contribution in [0.2, 0.25) is 0 Å². The number of sulfonamides is 1. The summed E-state index contributed by atoms with van der Waals surface area (Å²) in [5, 5.41) is 0.0806. The average molecular weight is 386 g/mol. The zero-order valence-corrected chi connectivity index (χ0v) is 13.6. The maximum absolute atomic E-state index is 13.8. The number of nitrogens with zero attached hydrogens (tertiary/aromatic N) is 1. The summed E-state index contributed by atoms with van der Waals surface area (Å²) in [6.45, 7) is 0. The Bertz CT molecular complexity index is 1050. The molecule has 1 aromatic heterocycles. The van der Waals surface area contributed by atoms with Gasteiger partial charge in [0, 0.05) is 17.3 Å². The van der Waals surface area contributed by atoms with Gasteiger partial charge in [-0.15, -0.1) is 13.2 Å². The van der Waals surface area contributed by atoms with Crippen molar-refractivity contribution in [3.63, 3.8) is 0 Å². The molecule has 136 valence electrons. The number of pyridine rings is 1. The Balaban J connectivity index is 1.92. The lowest BCUT2D eigenvalue weighted by Gasteiger charge is -2.12. The molecule has 0 amide bonds. The molecule has 0 bridgehead atoms. The summed E-state index contributed by atoms with van der Waals surface area (Å²) in [7, 11) is -4.12. The van der Waals surface area contributed by atoms with Gasteiger partial charge in [-0.1, -0.05) is 0 Å². The van der Waals surface area contributed by atoms with Crippen LogP contribution < -0.4 is 9.46 Å². The van der Waals surface area contributed by atoms with Crippen molar-refractivity contribution in [2.24, 2.45) is 0 Å². The van der Waals surface area contributed by atoms with Gasteiger partial charge >= 0.3 is 6.36 Å². The van der Waals surface area contributed by atoms with Crippen LogP contribution in [0.25, 0.3) is 10.9 Å². The number of benzene rings is 2. The molecule has 0 radical (unpaired) electrons. The van der Waals surface area contributed by atoms with Gasteiger partial charge in [-0.25, -0.2) is 12.8 Å². The third-order valence-electron chi connectivity index (χ3n) is 3.31. The van der Waals surface area contributed by atoms with Crippen LogP contribution in [0.4, 0.5) is 23.2 Å². The lowest BCUT2D eigenvalue weighted by atomic mass is 10.2. The zero-order valence-electron chi connectivity index (χ0n) is 12.8. The van der Waals surface area contributed by atoms with E-state index in [1.165, 1.54) is 18.3 Å². The monoisotopic (exact) mass is 386 g/mol. The molecule has 0 atom stereocenters. The van der Waals surface area contributed by atoms with E-state index < -0.39 is 28.0 Å². The van der Waals surface area contributed by atoms with E-state index in [1.807, 2.05) is 0 Å². The number of fused-ring (bicyclic) bond motifs is 1. The van der Waals surface area contributed by atoms with Gasteiger partial charge in [0.15, 0.2) is 0 Å². The molecule has 2 aromatic carbocycles. The van der Waals surface area contributed by atoms with Crippen molar-refractivity contribution in [3.8, 4) is 5.75 Å². The number of aromatic nitrogens is 1. The summed E-state index contributed by atoms with van der Waals surface area (Å²) in [6, 6.07) is 9.09. The molecule has 5 nitrogen and oxygen atoms in total. The van der Waals surface area contributed by atoms with Crippen molar-refractivity contribution < 1.29 is 30.7 Å². The molecule has 0 saturated heterocycles. The Morgan fingerprint density at radius 1 is 1.00 bits per heavy atom. The van der Waals surface area contributed by atoms with Crippen LogP contribution in [0, 0.1) is 5.82 Å². The number of ether oxygens (including phenoxy) is 1. The summed E-state index contributed by atoms with van der Waals surface area (Å²) in [6.07, 6.45) is -3.52. The fourth-order valence-electron chi connectivity index (χ4n) is 2.28. The fraction of sp³-hybridized carbons (Fsp3) is 0.0625. The van der Waals surface area contributed by atoms with Crippen molar-refractivity contribution >= 4 is 26.6 Å². The number of hydrogen-bond donors (Lipinski definition) is 1. The topological polar surface area (TPSA) is 68.3 Å². The third kappa shape index (κ3) is 3.85. The van der Waals surface area contributed by atoms with E-state index in [-0.39, 0.29) is 21.5 Å². The average Bonchev–Trinajstić information content (AvgIpc) is 2.55. The number of nitrogens with one attached hydrogen (secondary N) is 1. The second kappa shape index (κ2) is 6.45. The van der Waals surface area contributed by atoms with Gasteiger partial charge in [0.05, 0.1) is 4.90 Å². The van der Waals surface area contributed by atoms with Crippen LogP contribution in [0.5, 0.6) is 5.75 Å². The summed E-state index contributed by atoms with van der Waals surface area (Å²) >= 11 is 0. The Kier molecular flexibility index (Phi) is 4.45. The van der Waals surface area contributed by atoms with E-state index in [0.717, 1.165) is 36.4 Å². The highest BCUT2D eigenvalue weighted by atomic mass is 32.2. The molecule has 3 rings (SSSR count). The molecule has 0 aliphatic rings. The van der Waals surface area contributed by atoms with Crippen molar-refractivity contribution in [2.45, 2.75) is 11.3 Å². The second-order valence-corrected chi connectivity index (χ2v) is 6.77. The molecule has 0 aliphatic carbocycles. The van der Waals surface area contributed by atoms with Gasteiger partial charge in [-0.05, 0) is 48.5 Å². The molecule has 3 aromatic rings. The first-order valence-corrected chi connectivity index (χ1v) is 8.56. The van der Waals surface area contributed by atoms with Crippen molar-refractivity contribution in [1.82, 2.24) is 4.98 Å². The van der Waals surface area contributed by atoms with Crippen LogP contribution in [-0.4, -0.2) is 19.8 Å². The molecular formula is C16H10F4N2O3S. The van der Waals surface area contributed by atoms with Gasteiger partial charge in [0.25, 0.3) is 10.0 Å². The summed E-state index contributed by atoms with van der Waals surface area (Å²) in [5.41, 5.74) is -0.0924. The van der Waals surface area contributed by atoms with E-state index in [0.29, 0.717) is 0 Å². The number of hydrogen-bond acceptors (Lipinski definition) is 4. The minimum Gasteiger partial charge on any atom is -0.406 e. The minimum atomic E-state index is -4.85. The molecule has 0 aliphatic heterocycles. The van der Waals surface area contributed by atoms with Crippen molar-refractivity contribution in [1.29, 1.82) is 0 Å². The van der Waals surface area contributed by atoms with Crippen molar-refractivity contribution in [3.05, 3.63) is 60.5 Å². The lowest BCUT2D eigenvalue weighted by molar-refractivity contribution is -0.274. The van der Waals surface area contributed by atoms with E-state index in [1.54, 1.807) is 0 Å². The molecule has 0 fully saturated rings. The van der Waals surface area contributed by atoms with Crippen molar-refractivity contribution in [2.75, 3.05) is 4.72 Å². The van der Waals surface area contributed by atoms with E-state index in [4.69, 9.17) is 0 Å². The van der Waals surface area contributed by atoms with Gasteiger partial charge in [-0.3, -0.25) is 9.71 Å². The highest BCUT2D eigenvalue weighted by Crippen LogP contribution is 2.27. The summed E-state index contributed by atoms with van der Waals surface area (Å²) < 4.78 is 81.3. The number of rotatable bonds is 4. The molecule has 0 unspecified atom stereocenters. The lowest BCUT2D eigenvalue weighted by Crippen LogP contribution is -2.17. The Hall–Kier alpha value is -2.88. The van der Waals surface area contributed by atoms with E-state index >= 15 is 0 Å². The Labute approximate surface area is 145 Å². The van der Waals surface area contributed by atoms with Gasteiger partial charge in [0.2, 0.25) is 0 Å². The van der Waals surface area contributed by atoms with Crippen LogP contribution in [0.3, 0.4) is 0 Å². The predicted octanol–water partition coefficient (Wildman–Crippen LogP) is 4.07. The van der Waals surface area contributed by atoms with E-state index in [2.05, 4.69) is 14.4 Å². The normalized spacial score (nSPS) is 12.2. The van der Waals surface area contributed by atoms with Crippen LogP contribution in [-0.2, 0) is 10.0 Å². The predicted molar refractivity (Wildman–Crippen MR) is 85.6 cm³/mol. The van der Waals surface area contributed by atoms with Gasteiger partial charge < -0.3 is 4.74 Å². The van der Waals surface area contributed by atoms with Gasteiger partial charge in [0.1, 0.15) is 17.1 Å². The first-order chi connectivity index (χ1) is 12.2. The highest BCUT2D eigenvalue weighted by Gasteiger charge is 2.31. The molecule has 26 heavy (non-hydrogen) atoms. The smallest absolute Gasteiger partial charge is 0.406 e. The number of halogens is 4. The Morgan fingerprint density at radius 2 is 1.69 bits per heavy atom. The first-order valence-electron chi connectivity index (χ1n) is 7.07. The van der Waals surface area contributed by atoms with Crippen LogP contribution >= 0.6 is 0 Å². The molecule has 10 heteroatoms. The SMILES string of the molecule is O=S(=O)(Nc1ccc(OC(F)(F)F)cc1)c1ccc(F)c2ncccc12. The molecule has 1 heterocycles. The molecule has 1 N–H and O–H groups in total. The number of alkyl halides is 3. The highest BCUT2D eigenvalue weighted by molar-refractivity contribution is 7.93. The zero-order chi connectivity index (χ0) is 18.9. The van der Waals surface area contributed by atoms with E-state index in [9.17, 15) is 26.0 Å². The number of anilines is 1.